The van der Waals surface area contributed by atoms with Crippen molar-refractivity contribution in [2.24, 2.45) is 5.92 Å². The Morgan fingerprint density at radius 2 is 2.17 bits per heavy atom. The van der Waals surface area contributed by atoms with Gasteiger partial charge in [0.05, 0.1) is 6.61 Å². The summed E-state index contributed by atoms with van der Waals surface area (Å²) in [5, 5.41) is 16.9. The molecule has 1 heterocycles. The summed E-state index contributed by atoms with van der Waals surface area (Å²) in [6, 6.07) is 10.4. The summed E-state index contributed by atoms with van der Waals surface area (Å²) >= 11 is 0. The highest BCUT2D eigenvalue weighted by atomic mass is 16.3. The van der Waals surface area contributed by atoms with Crippen molar-refractivity contribution < 1.29 is 5.11 Å². The summed E-state index contributed by atoms with van der Waals surface area (Å²) in [4.78, 5) is 0. The van der Waals surface area contributed by atoms with Gasteiger partial charge in [-0.05, 0) is 31.0 Å². The number of nitrogens with one attached hydrogen (secondary N) is 2. The summed E-state index contributed by atoms with van der Waals surface area (Å²) in [7, 11) is 0. The molecule has 1 aromatic carbocycles. The Morgan fingerprint density at radius 1 is 1.39 bits per heavy atom. The average Bonchev–Trinajstić information content (AvgIpc) is 2.46. The molecular formula is C15H24N2O. The van der Waals surface area contributed by atoms with E-state index in [4.69, 9.17) is 0 Å². The fraction of sp³-hybridized carbons (Fsp3) is 0.600. The van der Waals surface area contributed by atoms with E-state index in [1.807, 2.05) is 6.07 Å². The van der Waals surface area contributed by atoms with Gasteiger partial charge in [0.15, 0.2) is 0 Å². The molecule has 1 aromatic rings. The van der Waals surface area contributed by atoms with Crippen molar-refractivity contribution in [3.8, 4) is 0 Å². The van der Waals surface area contributed by atoms with Crippen LogP contribution in [0.15, 0.2) is 30.3 Å². The van der Waals surface area contributed by atoms with E-state index in [0.29, 0.717) is 5.92 Å². The van der Waals surface area contributed by atoms with Crippen LogP contribution in [-0.4, -0.2) is 30.3 Å². The molecule has 1 fully saturated rings. The molecule has 0 saturated carbocycles. The molecule has 0 amide bonds. The smallest absolute Gasteiger partial charge is 0.0617 e. The van der Waals surface area contributed by atoms with Gasteiger partial charge in [0.1, 0.15) is 0 Å². The van der Waals surface area contributed by atoms with Gasteiger partial charge in [-0.25, -0.2) is 0 Å². The molecule has 2 rings (SSSR count). The maximum absolute atomic E-state index is 9.83. The van der Waals surface area contributed by atoms with Crippen molar-refractivity contribution in [2.45, 2.75) is 31.8 Å². The summed E-state index contributed by atoms with van der Waals surface area (Å²) in [5.41, 5.74) is 1.16. The quantitative estimate of drug-likeness (QED) is 0.740. The second-order valence-corrected chi connectivity index (χ2v) is 5.21. The molecule has 1 aliphatic rings. The SMILES string of the molecule is CCC1CNCCC1(CO)NCc1ccccc1. The van der Waals surface area contributed by atoms with E-state index in [9.17, 15) is 5.11 Å². The summed E-state index contributed by atoms with van der Waals surface area (Å²) in [5.74, 6) is 0.500. The number of hydrogen-bond acceptors (Lipinski definition) is 3. The molecular weight excluding hydrogens is 224 g/mol. The number of piperidine rings is 1. The van der Waals surface area contributed by atoms with Gasteiger partial charge in [0.2, 0.25) is 0 Å². The molecule has 3 N–H and O–H groups in total. The van der Waals surface area contributed by atoms with E-state index in [1.54, 1.807) is 0 Å². The highest BCUT2D eigenvalue weighted by molar-refractivity contribution is 5.15. The zero-order valence-corrected chi connectivity index (χ0v) is 11.2. The van der Waals surface area contributed by atoms with Crippen molar-refractivity contribution in [2.75, 3.05) is 19.7 Å². The highest BCUT2D eigenvalue weighted by Crippen LogP contribution is 2.27. The predicted octanol–water partition coefficient (Wildman–Crippen LogP) is 1.53. The third-order valence-corrected chi connectivity index (χ3v) is 4.18. The first-order valence-electron chi connectivity index (χ1n) is 6.91. The zero-order valence-electron chi connectivity index (χ0n) is 11.2. The Morgan fingerprint density at radius 3 is 2.83 bits per heavy atom. The Bertz CT molecular complexity index is 355. The van der Waals surface area contributed by atoms with E-state index in [0.717, 1.165) is 32.5 Å². The maximum Gasteiger partial charge on any atom is 0.0617 e. The first-order valence-corrected chi connectivity index (χ1v) is 6.91. The van der Waals surface area contributed by atoms with Crippen LogP contribution in [0.2, 0.25) is 0 Å². The third-order valence-electron chi connectivity index (χ3n) is 4.18. The van der Waals surface area contributed by atoms with Crippen LogP contribution in [-0.2, 0) is 6.54 Å². The lowest BCUT2D eigenvalue weighted by atomic mass is 9.77. The van der Waals surface area contributed by atoms with Crippen molar-refractivity contribution in [3.63, 3.8) is 0 Å². The van der Waals surface area contributed by atoms with Crippen molar-refractivity contribution in [3.05, 3.63) is 35.9 Å². The van der Waals surface area contributed by atoms with Crippen LogP contribution in [0.4, 0.5) is 0 Å². The van der Waals surface area contributed by atoms with Crippen LogP contribution < -0.4 is 10.6 Å². The van der Waals surface area contributed by atoms with E-state index in [-0.39, 0.29) is 12.1 Å². The fourth-order valence-electron chi connectivity index (χ4n) is 2.89. The standard InChI is InChI=1S/C15H24N2O/c1-2-14-11-16-9-8-15(14,12-18)17-10-13-6-4-3-5-7-13/h3-7,14,16-18H,2,8-12H2,1H3. The number of benzene rings is 1. The monoisotopic (exact) mass is 248 g/mol. The molecule has 1 saturated heterocycles. The molecule has 0 aromatic heterocycles. The number of hydrogen-bond donors (Lipinski definition) is 3. The topological polar surface area (TPSA) is 44.3 Å². The van der Waals surface area contributed by atoms with E-state index in [1.165, 1.54) is 5.56 Å². The molecule has 2 atom stereocenters. The predicted molar refractivity (Wildman–Crippen MR) is 74.4 cm³/mol. The Labute approximate surface area is 110 Å². The summed E-state index contributed by atoms with van der Waals surface area (Å²) in [6.45, 7) is 5.24. The van der Waals surface area contributed by atoms with Gasteiger partial charge in [0.25, 0.3) is 0 Å². The van der Waals surface area contributed by atoms with Gasteiger partial charge >= 0.3 is 0 Å². The van der Waals surface area contributed by atoms with Crippen LogP contribution in [0, 0.1) is 5.92 Å². The third kappa shape index (κ3) is 2.91. The van der Waals surface area contributed by atoms with E-state index in [2.05, 4.69) is 41.8 Å². The van der Waals surface area contributed by atoms with Crippen LogP contribution in [0.25, 0.3) is 0 Å². The molecule has 0 spiro atoms. The largest absolute Gasteiger partial charge is 0.394 e. The average molecular weight is 248 g/mol. The van der Waals surface area contributed by atoms with Gasteiger partial charge < -0.3 is 15.7 Å². The summed E-state index contributed by atoms with van der Waals surface area (Å²) < 4.78 is 0. The lowest BCUT2D eigenvalue weighted by Crippen LogP contribution is -2.60. The van der Waals surface area contributed by atoms with Crippen LogP contribution in [0.1, 0.15) is 25.3 Å². The first-order chi connectivity index (χ1) is 8.80. The maximum atomic E-state index is 9.83. The minimum Gasteiger partial charge on any atom is -0.394 e. The molecule has 0 radical (unpaired) electrons. The Kier molecular flexibility index (Phi) is 4.75. The van der Waals surface area contributed by atoms with Crippen molar-refractivity contribution >= 4 is 0 Å². The second-order valence-electron chi connectivity index (χ2n) is 5.21. The molecule has 0 bridgehead atoms. The lowest BCUT2D eigenvalue weighted by molar-refractivity contribution is 0.0710. The second kappa shape index (κ2) is 6.32. The molecule has 100 valence electrons. The molecule has 3 heteroatoms. The Balaban J connectivity index is 2.03. The van der Waals surface area contributed by atoms with Crippen LogP contribution in [0.5, 0.6) is 0 Å². The van der Waals surface area contributed by atoms with E-state index >= 15 is 0 Å². The molecule has 2 unspecified atom stereocenters. The molecule has 18 heavy (non-hydrogen) atoms. The fourth-order valence-corrected chi connectivity index (χ4v) is 2.89. The van der Waals surface area contributed by atoms with E-state index < -0.39 is 0 Å². The van der Waals surface area contributed by atoms with Crippen molar-refractivity contribution in [1.82, 2.24) is 10.6 Å². The summed E-state index contributed by atoms with van der Waals surface area (Å²) in [6.07, 6.45) is 2.09. The number of aliphatic hydroxyl groups is 1. The van der Waals surface area contributed by atoms with Crippen LogP contribution >= 0.6 is 0 Å². The number of rotatable bonds is 5. The van der Waals surface area contributed by atoms with Gasteiger partial charge in [-0.1, -0.05) is 43.7 Å². The number of aliphatic hydroxyl groups excluding tert-OH is 1. The van der Waals surface area contributed by atoms with Gasteiger partial charge in [-0.3, -0.25) is 0 Å². The molecule has 3 nitrogen and oxygen atoms in total. The molecule has 0 aliphatic carbocycles. The highest BCUT2D eigenvalue weighted by Gasteiger charge is 2.38. The van der Waals surface area contributed by atoms with Crippen LogP contribution in [0.3, 0.4) is 0 Å². The minimum absolute atomic E-state index is 0.115. The first kappa shape index (κ1) is 13.5. The lowest BCUT2D eigenvalue weighted by Gasteiger charge is -2.44. The van der Waals surface area contributed by atoms with Crippen molar-refractivity contribution in [1.29, 1.82) is 0 Å². The normalized spacial score (nSPS) is 28.2. The molecule has 1 aliphatic heterocycles. The van der Waals surface area contributed by atoms with Gasteiger partial charge in [0, 0.05) is 12.1 Å². The zero-order chi connectivity index (χ0) is 12.8. The van der Waals surface area contributed by atoms with Gasteiger partial charge in [-0.2, -0.15) is 0 Å². The minimum atomic E-state index is -0.115. The van der Waals surface area contributed by atoms with Gasteiger partial charge in [-0.15, -0.1) is 0 Å². The Hall–Kier alpha value is -0.900.